The molecule has 0 spiro atoms. The van der Waals surface area contributed by atoms with Gasteiger partial charge in [0.25, 0.3) is 5.91 Å². The van der Waals surface area contributed by atoms with Crippen LogP contribution in [0.3, 0.4) is 0 Å². The van der Waals surface area contributed by atoms with Crippen LogP contribution in [0.5, 0.6) is 0 Å². The molecule has 0 saturated heterocycles. The number of hydrogen-bond acceptors (Lipinski definition) is 3. The van der Waals surface area contributed by atoms with Gasteiger partial charge < -0.3 is 11.1 Å². The minimum absolute atomic E-state index is 0.689. The van der Waals surface area contributed by atoms with Gasteiger partial charge in [0.05, 0.1) is 11.8 Å². The molecular formula is C8H9F3N4O2. The normalized spacial score (nSPS) is 13.2. The molecule has 0 bridgehead atoms. The number of amides is 2. The molecule has 6 nitrogen and oxygen atoms in total. The maximum atomic E-state index is 12.4. The van der Waals surface area contributed by atoms with Crippen LogP contribution in [0.15, 0.2) is 6.20 Å². The second kappa shape index (κ2) is 4.44. The molecular weight excluding hydrogens is 241 g/mol. The molecule has 1 heterocycles. The van der Waals surface area contributed by atoms with E-state index in [4.69, 9.17) is 5.73 Å². The number of alkyl halides is 3. The molecule has 2 amide bonds. The number of aromatic amines is 1. The van der Waals surface area contributed by atoms with Crippen molar-refractivity contribution in [3.63, 3.8) is 0 Å². The van der Waals surface area contributed by atoms with Crippen molar-refractivity contribution < 1.29 is 22.8 Å². The lowest BCUT2D eigenvalue weighted by Crippen LogP contribution is -2.42. The van der Waals surface area contributed by atoms with Crippen molar-refractivity contribution in [2.75, 3.05) is 0 Å². The minimum Gasteiger partial charge on any atom is -0.368 e. The fourth-order valence-electron chi connectivity index (χ4n) is 1.02. The summed E-state index contributed by atoms with van der Waals surface area (Å²) >= 11 is 0. The first-order valence-electron chi connectivity index (χ1n) is 4.44. The summed E-state index contributed by atoms with van der Waals surface area (Å²) in [5, 5.41) is 6.84. The zero-order valence-electron chi connectivity index (χ0n) is 8.63. The Labute approximate surface area is 93.4 Å². The van der Waals surface area contributed by atoms with Crippen molar-refractivity contribution in [1.29, 1.82) is 0 Å². The van der Waals surface area contributed by atoms with Gasteiger partial charge >= 0.3 is 6.18 Å². The molecule has 1 aromatic heterocycles. The third-order valence-electron chi connectivity index (χ3n) is 1.94. The predicted octanol–water partition coefficient (Wildman–Crippen LogP) is 0.0321. The highest BCUT2D eigenvalue weighted by atomic mass is 19.4. The molecule has 0 unspecified atom stereocenters. The standard InChI is InChI=1S/C8H9F3N4O2/c1-3(6(12)16)14-7(17)4-2-13-15-5(4)8(9,10)11/h2-3H,1H3,(H2,12,16)(H,13,15)(H,14,17)/t3-/m1/s1. The van der Waals surface area contributed by atoms with Gasteiger partial charge in [-0.2, -0.15) is 18.3 Å². The molecule has 9 heteroatoms. The Morgan fingerprint density at radius 1 is 1.53 bits per heavy atom. The number of rotatable bonds is 3. The van der Waals surface area contributed by atoms with Gasteiger partial charge in [-0.15, -0.1) is 0 Å². The SMILES string of the molecule is C[C@@H](NC(=O)c1cn[nH]c1C(F)(F)F)C(N)=O. The van der Waals surface area contributed by atoms with Crippen LogP contribution in [0.1, 0.15) is 23.0 Å². The highest BCUT2D eigenvalue weighted by Gasteiger charge is 2.37. The number of carbonyl (C=O) groups is 2. The average Bonchev–Trinajstić information content (AvgIpc) is 2.64. The van der Waals surface area contributed by atoms with E-state index < -0.39 is 35.3 Å². The summed E-state index contributed by atoms with van der Waals surface area (Å²) in [4.78, 5) is 22.1. The maximum absolute atomic E-state index is 12.4. The zero-order chi connectivity index (χ0) is 13.2. The van der Waals surface area contributed by atoms with Crippen LogP contribution in [-0.4, -0.2) is 28.1 Å². The first-order valence-corrected chi connectivity index (χ1v) is 4.44. The van der Waals surface area contributed by atoms with Crippen LogP contribution < -0.4 is 11.1 Å². The smallest absolute Gasteiger partial charge is 0.368 e. The van der Waals surface area contributed by atoms with Crippen molar-refractivity contribution in [2.45, 2.75) is 19.1 Å². The van der Waals surface area contributed by atoms with E-state index in [1.165, 1.54) is 6.92 Å². The first kappa shape index (κ1) is 13.0. The average molecular weight is 250 g/mol. The fourth-order valence-corrected chi connectivity index (χ4v) is 1.02. The third kappa shape index (κ3) is 2.95. The molecule has 0 aliphatic carbocycles. The largest absolute Gasteiger partial charge is 0.433 e. The van der Waals surface area contributed by atoms with E-state index in [1.54, 1.807) is 5.10 Å². The number of H-pyrrole nitrogens is 1. The molecule has 4 N–H and O–H groups in total. The van der Waals surface area contributed by atoms with Crippen LogP contribution in [0.4, 0.5) is 13.2 Å². The quantitative estimate of drug-likeness (QED) is 0.705. The van der Waals surface area contributed by atoms with Crippen molar-refractivity contribution in [3.05, 3.63) is 17.5 Å². The lowest BCUT2D eigenvalue weighted by molar-refractivity contribution is -0.141. The first-order chi connectivity index (χ1) is 7.73. The maximum Gasteiger partial charge on any atom is 0.433 e. The highest BCUT2D eigenvalue weighted by Crippen LogP contribution is 2.29. The van der Waals surface area contributed by atoms with Crippen LogP contribution in [0.2, 0.25) is 0 Å². The van der Waals surface area contributed by atoms with Crippen molar-refractivity contribution >= 4 is 11.8 Å². The monoisotopic (exact) mass is 250 g/mol. The van der Waals surface area contributed by atoms with E-state index in [1.807, 2.05) is 5.32 Å². The Bertz CT molecular complexity index is 440. The number of nitrogens with zero attached hydrogens (tertiary/aromatic N) is 1. The lowest BCUT2D eigenvalue weighted by Gasteiger charge is -2.11. The Morgan fingerprint density at radius 2 is 2.12 bits per heavy atom. The van der Waals surface area contributed by atoms with Crippen LogP contribution in [0.25, 0.3) is 0 Å². The van der Waals surface area contributed by atoms with E-state index in [-0.39, 0.29) is 0 Å². The molecule has 0 aromatic carbocycles. The molecule has 0 fully saturated rings. The van der Waals surface area contributed by atoms with E-state index >= 15 is 0 Å². The molecule has 17 heavy (non-hydrogen) atoms. The topological polar surface area (TPSA) is 101 Å². The lowest BCUT2D eigenvalue weighted by atomic mass is 10.2. The van der Waals surface area contributed by atoms with Gasteiger partial charge in [0.15, 0.2) is 5.69 Å². The van der Waals surface area contributed by atoms with Gasteiger partial charge in [-0.05, 0) is 6.92 Å². The number of hydrogen-bond donors (Lipinski definition) is 3. The highest BCUT2D eigenvalue weighted by molar-refractivity contribution is 5.97. The summed E-state index contributed by atoms with van der Waals surface area (Å²) in [5.74, 6) is -1.92. The molecule has 0 aliphatic rings. The Balaban J connectivity index is 2.91. The fraction of sp³-hybridized carbons (Fsp3) is 0.375. The number of aromatic nitrogens is 2. The van der Waals surface area contributed by atoms with Gasteiger partial charge in [0, 0.05) is 0 Å². The molecule has 0 radical (unpaired) electrons. The third-order valence-corrected chi connectivity index (χ3v) is 1.94. The van der Waals surface area contributed by atoms with Crippen molar-refractivity contribution in [2.24, 2.45) is 5.73 Å². The summed E-state index contributed by atoms with van der Waals surface area (Å²) in [6.45, 7) is 1.26. The van der Waals surface area contributed by atoms with Gasteiger partial charge in [-0.3, -0.25) is 14.7 Å². The summed E-state index contributed by atoms with van der Waals surface area (Å²) in [6, 6.07) is -1.07. The second-order valence-electron chi connectivity index (χ2n) is 3.25. The summed E-state index contributed by atoms with van der Waals surface area (Å²) in [6.07, 6.45) is -4.00. The molecule has 0 aliphatic heterocycles. The van der Waals surface area contributed by atoms with Gasteiger partial charge in [-0.1, -0.05) is 0 Å². The van der Waals surface area contributed by atoms with E-state index in [0.29, 0.717) is 0 Å². The summed E-state index contributed by atoms with van der Waals surface area (Å²) in [7, 11) is 0. The minimum atomic E-state index is -4.72. The molecule has 94 valence electrons. The molecule has 0 saturated carbocycles. The van der Waals surface area contributed by atoms with Crippen LogP contribution in [-0.2, 0) is 11.0 Å². The van der Waals surface area contributed by atoms with Crippen LogP contribution in [0, 0.1) is 0 Å². The Kier molecular flexibility index (Phi) is 3.39. The molecule has 1 aromatic rings. The summed E-state index contributed by atoms with van der Waals surface area (Å²) in [5.41, 5.74) is 2.90. The Hall–Kier alpha value is -2.06. The van der Waals surface area contributed by atoms with Gasteiger partial charge in [0.1, 0.15) is 6.04 Å². The predicted molar refractivity (Wildman–Crippen MR) is 49.7 cm³/mol. The van der Waals surface area contributed by atoms with Crippen LogP contribution >= 0.6 is 0 Å². The number of nitrogens with two attached hydrogens (primary N) is 1. The molecule has 1 atom stereocenters. The van der Waals surface area contributed by atoms with Gasteiger partial charge in [0.2, 0.25) is 5.91 Å². The number of primary amides is 1. The van der Waals surface area contributed by atoms with Crippen molar-refractivity contribution in [3.8, 4) is 0 Å². The number of halogens is 3. The van der Waals surface area contributed by atoms with E-state index in [9.17, 15) is 22.8 Å². The number of nitrogens with one attached hydrogen (secondary N) is 2. The Morgan fingerprint density at radius 3 is 2.59 bits per heavy atom. The summed E-state index contributed by atoms with van der Waals surface area (Å²) < 4.78 is 37.2. The number of carbonyl (C=O) groups excluding carboxylic acids is 2. The van der Waals surface area contributed by atoms with Crippen molar-refractivity contribution in [1.82, 2.24) is 15.5 Å². The van der Waals surface area contributed by atoms with Gasteiger partial charge in [-0.25, -0.2) is 0 Å². The zero-order valence-corrected chi connectivity index (χ0v) is 8.63. The molecule has 1 rings (SSSR count). The van der Waals surface area contributed by atoms with E-state index in [2.05, 4.69) is 5.10 Å². The van der Waals surface area contributed by atoms with E-state index in [0.717, 1.165) is 6.20 Å². The second-order valence-corrected chi connectivity index (χ2v) is 3.25.